The van der Waals surface area contributed by atoms with Crippen LogP contribution in [-0.2, 0) is 23.3 Å². The number of anilines is 1. The first-order chi connectivity index (χ1) is 12.8. The predicted molar refractivity (Wildman–Crippen MR) is 110 cm³/mol. The summed E-state index contributed by atoms with van der Waals surface area (Å²) in [7, 11) is 0. The summed E-state index contributed by atoms with van der Waals surface area (Å²) in [6.07, 6.45) is 7.04. The lowest BCUT2D eigenvalue weighted by Gasteiger charge is -2.21. The fourth-order valence-corrected chi connectivity index (χ4v) is 5.87. The van der Waals surface area contributed by atoms with Crippen molar-refractivity contribution in [1.29, 1.82) is 0 Å². The molecule has 138 valence electrons. The van der Waals surface area contributed by atoms with Crippen LogP contribution in [0.3, 0.4) is 0 Å². The van der Waals surface area contributed by atoms with E-state index in [1.54, 1.807) is 11.3 Å². The number of carbonyl (C=O) groups excluding carboxylic acids is 1. The van der Waals surface area contributed by atoms with Gasteiger partial charge >= 0.3 is 0 Å². The molecule has 1 N–H and O–H groups in total. The molecule has 3 nitrogen and oxygen atoms in total. The highest BCUT2D eigenvalue weighted by Gasteiger charge is 2.18. The third-order valence-corrected chi connectivity index (χ3v) is 7.74. The van der Waals surface area contributed by atoms with Crippen LogP contribution in [0.25, 0.3) is 0 Å². The number of benzene rings is 1. The zero-order valence-corrected chi connectivity index (χ0v) is 16.6. The van der Waals surface area contributed by atoms with Gasteiger partial charge in [-0.25, -0.2) is 0 Å². The quantitative estimate of drug-likeness (QED) is 0.757. The molecule has 2 heterocycles. The summed E-state index contributed by atoms with van der Waals surface area (Å²) in [4.78, 5) is 14.9. The fourth-order valence-electron chi connectivity index (χ4n) is 3.59. The molecule has 1 fully saturated rings. The van der Waals surface area contributed by atoms with Crippen molar-refractivity contribution < 1.29 is 9.53 Å². The van der Waals surface area contributed by atoms with Gasteiger partial charge in [-0.2, -0.15) is 11.8 Å². The Bertz CT molecular complexity index is 742. The van der Waals surface area contributed by atoms with Gasteiger partial charge in [-0.05, 0) is 67.9 Å². The van der Waals surface area contributed by atoms with E-state index in [2.05, 4.69) is 23.5 Å². The highest BCUT2D eigenvalue weighted by molar-refractivity contribution is 7.99. The Morgan fingerprint density at radius 3 is 2.88 bits per heavy atom. The highest BCUT2D eigenvalue weighted by atomic mass is 32.2. The first kappa shape index (κ1) is 18.1. The first-order valence-electron chi connectivity index (χ1n) is 9.49. The second-order valence-electron chi connectivity index (χ2n) is 7.04. The van der Waals surface area contributed by atoms with E-state index in [0.29, 0.717) is 5.25 Å². The molecule has 4 rings (SSSR count). The molecule has 5 heteroatoms. The normalized spacial score (nSPS) is 17.7. The monoisotopic (exact) mass is 387 g/mol. The van der Waals surface area contributed by atoms with Gasteiger partial charge in [-0.3, -0.25) is 4.79 Å². The van der Waals surface area contributed by atoms with Crippen LogP contribution in [0.15, 0.2) is 30.3 Å². The van der Waals surface area contributed by atoms with E-state index < -0.39 is 0 Å². The number of amides is 1. The number of carbonyl (C=O) groups is 1. The van der Waals surface area contributed by atoms with Crippen LogP contribution < -0.4 is 5.32 Å². The lowest BCUT2D eigenvalue weighted by Crippen LogP contribution is -2.17. The van der Waals surface area contributed by atoms with E-state index in [1.165, 1.54) is 28.8 Å². The first-order valence-corrected chi connectivity index (χ1v) is 11.4. The van der Waals surface area contributed by atoms with Crippen LogP contribution in [0, 0.1) is 0 Å². The maximum absolute atomic E-state index is 12.6. The van der Waals surface area contributed by atoms with Crippen molar-refractivity contribution in [2.24, 2.45) is 0 Å². The van der Waals surface area contributed by atoms with Crippen molar-refractivity contribution in [3.05, 3.63) is 51.2 Å². The molecule has 0 atom stereocenters. The van der Waals surface area contributed by atoms with Crippen molar-refractivity contribution in [1.82, 2.24) is 0 Å². The Labute approximate surface area is 163 Å². The number of thioether (sulfide) groups is 1. The molecule has 2 aliphatic rings. The molecule has 1 amide bonds. The lowest BCUT2D eigenvalue weighted by molar-refractivity contribution is 0.1000. The molecule has 0 bridgehead atoms. The molecule has 1 aromatic carbocycles. The second kappa shape index (κ2) is 8.59. The number of thiophene rings is 1. The van der Waals surface area contributed by atoms with Gasteiger partial charge in [0.05, 0.1) is 4.88 Å². The number of aryl methyl sites for hydroxylation is 2. The third-order valence-electron chi connectivity index (χ3n) is 5.06. The third kappa shape index (κ3) is 4.51. The van der Waals surface area contributed by atoms with Gasteiger partial charge in [0, 0.05) is 34.8 Å². The van der Waals surface area contributed by atoms with Gasteiger partial charge in [0.2, 0.25) is 0 Å². The van der Waals surface area contributed by atoms with Gasteiger partial charge in [0.15, 0.2) is 0 Å². The zero-order valence-electron chi connectivity index (χ0n) is 15.0. The highest BCUT2D eigenvalue weighted by Crippen LogP contribution is 2.30. The summed E-state index contributed by atoms with van der Waals surface area (Å²) in [6.45, 7) is 1.77. The minimum absolute atomic E-state index is 0.0265. The average Bonchev–Trinajstić information content (AvgIpc) is 3.12. The van der Waals surface area contributed by atoms with Crippen LogP contribution in [0.4, 0.5) is 5.69 Å². The number of ether oxygens (including phenoxy) is 1. The topological polar surface area (TPSA) is 38.3 Å². The number of nitrogens with one attached hydrogen (secondary N) is 1. The van der Waals surface area contributed by atoms with Crippen molar-refractivity contribution in [2.45, 2.75) is 49.5 Å². The second-order valence-corrected chi connectivity index (χ2v) is 9.47. The molecule has 1 aliphatic heterocycles. The van der Waals surface area contributed by atoms with Gasteiger partial charge in [0.25, 0.3) is 5.91 Å². The SMILES string of the molecule is O=C(Nc1cccc(CSC2CCOCC2)c1)c1cc2c(s1)CCCC2. The van der Waals surface area contributed by atoms with Gasteiger partial charge < -0.3 is 10.1 Å². The van der Waals surface area contributed by atoms with Gasteiger partial charge in [-0.1, -0.05) is 12.1 Å². The summed E-state index contributed by atoms with van der Waals surface area (Å²) in [5.74, 6) is 1.01. The van der Waals surface area contributed by atoms with Gasteiger partial charge in [0.1, 0.15) is 0 Å². The molecule has 0 saturated carbocycles. The minimum atomic E-state index is 0.0265. The molecular weight excluding hydrogens is 362 g/mol. The van der Waals surface area contributed by atoms with E-state index in [1.807, 2.05) is 23.9 Å². The Balaban J connectivity index is 1.36. The van der Waals surface area contributed by atoms with E-state index in [9.17, 15) is 4.79 Å². The van der Waals surface area contributed by atoms with Crippen LogP contribution in [0.5, 0.6) is 0 Å². The van der Waals surface area contributed by atoms with Crippen LogP contribution in [-0.4, -0.2) is 24.4 Å². The Kier molecular flexibility index (Phi) is 5.98. The predicted octanol–water partition coefficient (Wildman–Crippen LogP) is 5.29. The fraction of sp³-hybridized carbons (Fsp3) is 0.476. The van der Waals surface area contributed by atoms with E-state index in [0.717, 1.165) is 55.2 Å². The van der Waals surface area contributed by atoms with Crippen molar-refractivity contribution in [3.8, 4) is 0 Å². The van der Waals surface area contributed by atoms with Crippen LogP contribution in [0.2, 0.25) is 0 Å². The molecule has 0 spiro atoms. The average molecular weight is 388 g/mol. The summed E-state index contributed by atoms with van der Waals surface area (Å²) in [5.41, 5.74) is 3.55. The van der Waals surface area contributed by atoms with E-state index >= 15 is 0 Å². The van der Waals surface area contributed by atoms with Crippen molar-refractivity contribution in [3.63, 3.8) is 0 Å². The maximum Gasteiger partial charge on any atom is 0.265 e. The smallest absolute Gasteiger partial charge is 0.265 e. The largest absolute Gasteiger partial charge is 0.381 e. The number of rotatable bonds is 5. The Morgan fingerprint density at radius 2 is 2.04 bits per heavy atom. The number of hydrogen-bond donors (Lipinski definition) is 1. The molecule has 0 radical (unpaired) electrons. The Hall–Kier alpha value is -1.30. The molecule has 26 heavy (non-hydrogen) atoms. The molecule has 1 saturated heterocycles. The van der Waals surface area contributed by atoms with E-state index in [-0.39, 0.29) is 5.91 Å². The summed E-state index contributed by atoms with van der Waals surface area (Å²) in [5, 5.41) is 3.78. The summed E-state index contributed by atoms with van der Waals surface area (Å²) in [6, 6.07) is 10.4. The molecule has 0 unspecified atom stereocenters. The number of fused-ring (bicyclic) bond motifs is 1. The molecule has 1 aliphatic carbocycles. The lowest BCUT2D eigenvalue weighted by atomic mass is 9.99. The van der Waals surface area contributed by atoms with Gasteiger partial charge in [-0.15, -0.1) is 11.3 Å². The molecular formula is C21H25NO2S2. The van der Waals surface area contributed by atoms with Crippen molar-refractivity contribution in [2.75, 3.05) is 18.5 Å². The Morgan fingerprint density at radius 1 is 1.19 bits per heavy atom. The zero-order chi connectivity index (χ0) is 17.8. The maximum atomic E-state index is 12.6. The van der Waals surface area contributed by atoms with Crippen LogP contribution in [0.1, 0.15) is 51.4 Å². The molecule has 2 aromatic rings. The minimum Gasteiger partial charge on any atom is -0.381 e. The summed E-state index contributed by atoms with van der Waals surface area (Å²) >= 11 is 3.67. The van der Waals surface area contributed by atoms with Crippen molar-refractivity contribution >= 4 is 34.7 Å². The van der Waals surface area contributed by atoms with E-state index in [4.69, 9.17) is 4.74 Å². The molecule has 1 aromatic heterocycles. The number of hydrogen-bond acceptors (Lipinski definition) is 4. The van der Waals surface area contributed by atoms with Crippen LogP contribution >= 0.6 is 23.1 Å². The standard InChI is InChI=1S/C21H25NO2S2/c23-21(20-13-16-5-1-2-7-19(16)26-20)22-17-6-3-4-15(12-17)14-25-18-8-10-24-11-9-18/h3-4,6,12-13,18H,1-2,5,7-11,14H2,(H,22,23). The summed E-state index contributed by atoms with van der Waals surface area (Å²) < 4.78 is 5.43.